The standard InChI is InChI=1S/C24H26F2N2O4/c25-21-6-3-19(15-22(21)26)24(30)27-9-7-17(8-10-27)16-32-20-4-1-18(2-5-20)23(29)28-11-13-31-14-12-28/h1-6,15,17H,7-14,16H2. The van der Waals surface area contributed by atoms with Crippen LogP contribution in [0.15, 0.2) is 42.5 Å². The van der Waals surface area contributed by atoms with Gasteiger partial charge in [-0.3, -0.25) is 9.59 Å². The molecule has 0 radical (unpaired) electrons. The lowest BCUT2D eigenvalue weighted by Crippen LogP contribution is -2.40. The monoisotopic (exact) mass is 444 g/mol. The Morgan fingerprint density at radius 3 is 2.09 bits per heavy atom. The fourth-order valence-electron chi connectivity index (χ4n) is 3.97. The van der Waals surface area contributed by atoms with Gasteiger partial charge in [0.25, 0.3) is 11.8 Å². The first-order valence-corrected chi connectivity index (χ1v) is 10.9. The smallest absolute Gasteiger partial charge is 0.254 e. The highest BCUT2D eigenvalue weighted by molar-refractivity contribution is 5.94. The molecule has 4 rings (SSSR count). The zero-order valence-electron chi connectivity index (χ0n) is 17.8. The third-order valence-corrected chi connectivity index (χ3v) is 5.95. The Kier molecular flexibility index (Phi) is 6.99. The van der Waals surface area contributed by atoms with E-state index in [1.165, 1.54) is 6.07 Å². The van der Waals surface area contributed by atoms with Gasteiger partial charge in [0.15, 0.2) is 11.6 Å². The molecule has 2 amide bonds. The van der Waals surface area contributed by atoms with Gasteiger partial charge in [0.2, 0.25) is 0 Å². The van der Waals surface area contributed by atoms with Gasteiger partial charge in [0.1, 0.15) is 5.75 Å². The van der Waals surface area contributed by atoms with Crippen molar-refractivity contribution in [2.45, 2.75) is 12.8 Å². The fourth-order valence-corrected chi connectivity index (χ4v) is 3.97. The molecule has 6 nitrogen and oxygen atoms in total. The molecule has 2 saturated heterocycles. The Labute approximate surface area is 185 Å². The van der Waals surface area contributed by atoms with Crippen molar-refractivity contribution in [3.05, 3.63) is 65.2 Å². The molecule has 0 atom stereocenters. The summed E-state index contributed by atoms with van der Waals surface area (Å²) in [6.45, 7) is 3.95. The van der Waals surface area contributed by atoms with Crippen molar-refractivity contribution in [3.63, 3.8) is 0 Å². The van der Waals surface area contributed by atoms with Crippen molar-refractivity contribution in [3.8, 4) is 5.75 Å². The first-order chi connectivity index (χ1) is 15.5. The number of hydrogen-bond donors (Lipinski definition) is 0. The van der Waals surface area contributed by atoms with Gasteiger partial charge < -0.3 is 19.3 Å². The van der Waals surface area contributed by atoms with Gasteiger partial charge in [-0.15, -0.1) is 0 Å². The lowest BCUT2D eigenvalue weighted by molar-refractivity contribution is 0.0303. The van der Waals surface area contributed by atoms with Gasteiger partial charge in [-0.25, -0.2) is 8.78 Å². The lowest BCUT2D eigenvalue weighted by Gasteiger charge is -2.32. The molecule has 0 unspecified atom stereocenters. The predicted molar refractivity (Wildman–Crippen MR) is 114 cm³/mol. The molecule has 0 saturated carbocycles. The number of amides is 2. The molecule has 32 heavy (non-hydrogen) atoms. The zero-order chi connectivity index (χ0) is 22.5. The molecule has 0 aromatic heterocycles. The number of ether oxygens (including phenoxy) is 2. The van der Waals surface area contributed by atoms with Crippen molar-refractivity contribution in [1.29, 1.82) is 0 Å². The summed E-state index contributed by atoms with van der Waals surface area (Å²) < 4.78 is 37.7. The molecule has 0 bridgehead atoms. The van der Waals surface area contributed by atoms with Crippen LogP contribution >= 0.6 is 0 Å². The van der Waals surface area contributed by atoms with Crippen LogP contribution in [0.5, 0.6) is 5.75 Å². The molecule has 170 valence electrons. The molecule has 2 fully saturated rings. The van der Waals surface area contributed by atoms with Crippen molar-refractivity contribution in [2.75, 3.05) is 46.0 Å². The summed E-state index contributed by atoms with van der Waals surface area (Å²) in [5.74, 6) is -1.28. The van der Waals surface area contributed by atoms with E-state index in [2.05, 4.69) is 0 Å². The SMILES string of the molecule is O=C(c1ccc(OCC2CCN(C(=O)c3ccc(F)c(F)c3)CC2)cc1)N1CCOCC1. The highest BCUT2D eigenvalue weighted by Crippen LogP contribution is 2.22. The second-order valence-corrected chi connectivity index (χ2v) is 8.10. The number of morpholine rings is 1. The van der Waals surface area contributed by atoms with Crippen LogP contribution in [0.2, 0.25) is 0 Å². The molecule has 2 aliphatic heterocycles. The summed E-state index contributed by atoms with van der Waals surface area (Å²) >= 11 is 0. The second kappa shape index (κ2) is 10.1. The van der Waals surface area contributed by atoms with Crippen molar-refractivity contribution in [1.82, 2.24) is 9.80 Å². The number of carbonyl (C=O) groups is 2. The van der Waals surface area contributed by atoms with E-state index < -0.39 is 11.6 Å². The minimum Gasteiger partial charge on any atom is -0.493 e. The Balaban J connectivity index is 1.23. The maximum atomic E-state index is 13.4. The number of piperidine rings is 1. The van der Waals surface area contributed by atoms with Gasteiger partial charge in [-0.05, 0) is 61.2 Å². The normalized spacial score (nSPS) is 17.3. The summed E-state index contributed by atoms with van der Waals surface area (Å²) in [5.41, 5.74) is 0.786. The van der Waals surface area contributed by atoms with Gasteiger partial charge in [-0.2, -0.15) is 0 Å². The van der Waals surface area contributed by atoms with E-state index in [4.69, 9.17) is 9.47 Å². The summed E-state index contributed by atoms with van der Waals surface area (Å²) in [6, 6.07) is 10.4. The highest BCUT2D eigenvalue weighted by atomic mass is 19.2. The molecule has 8 heteroatoms. The number of halogens is 2. The van der Waals surface area contributed by atoms with Crippen LogP contribution in [0.4, 0.5) is 8.78 Å². The van der Waals surface area contributed by atoms with E-state index in [0.29, 0.717) is 63.2 Å². The van der Waals surface area contributed by atoms with Crippen LogP contribution < -0.4 is 4.74 Å². The molecule has 0 aliphatic carbocycles. The molecular weight excluding hydrogens is 418 g/mol. The number of likely N-dealkylation sites (tertiary alicyclic amines) is 1. The van der Waals surface area contributed by atoms with Crippen LogP contribution in [-0.4, -0.2) is 67.6 Å². The Morgan fingerprint density at radius 1 is 0.844 bits per heavy atom. The van der Waals surface area contributed by atoms with Gasteiger partial charge >= 0.3 is 0 Å². The summed E-state index contributed by atoms with van der Waals surface area (Å²) in [5, 5.41) is 0. The molecule has 2 aliphatic rings. The summed E-state index contributed by atoms with van der Waals surface area (Å²) in [7, 11) is 0. The number of benzene rings is 2. The number of carbonyl (C=O) groups excluding carboxylic acids is 2. The average Bonchev–Trinajstić information content (AvgIpc) is 2.85. The third-order valence-electron chi connectivity index (χ3n) is 5.95. The van der Waals surface area contributed by atoms with E-state index in [1.807, 2.05) is 0 Å². The van der Waals surface area contributed by atoms with Gasteiger partial charge in [0.05, 0.1) is 19.8 Å². The average molecular weight is 444 g/mol. The predicted octanol–water partition coefficient (Wildman–Crippen LogP) is 3.37. The van der Waals surface area contributed by atoms with Crippen LogP contribution in [0.3, 0.4) is 0 Å². The molecule has 0 N–H and O–H groups in total. The molecule has 0 spiro atoms. The number of rotatable bonds is 5. The van der Waals surface area contributed by atoms with Crippen LogP contribution in [0.1, 0.15) is 33.6 Å². The molecule has 2 aromatic carbocycles. The second-order valence-electron chi connectivity index (χ2n) is 8.10. The topological polar surface area (TPSA) is 59.1 Å². The summed E-state index contributed by atoms with van der Waals surface area (Å²) in [4.78, 5) is 28.5. The van der Waals surface area contributed by atoms with E-state index in [9.17, 15) is 18.4 Å². The van der Waals surface area contributed by atoms with Crippen LogP contribution in [-0.2, 0) is 4.74 Å². The minimum absolute atomic E-state index is 0.00192. The molecular formula is C24H26F2N2O4. The number of hydrogen-bond acceptors (Lipinski definition) is 4. The highest BCUT2D eigenvalue weighted by Gasteiger charge is 2.25. The third kappa shape index (κ3) is 5.24. The maximum absolute atomic E-state index is 13.4. The quantitative estimate of drug-likeness (QED) is 0.710. The number of nitrogens with zero attached hydrogens (tertiary/aromatic N) is 2. The Morgan fingerprint density at radius 2 is 1.44 bits per heavy atom. The van der Waals surface area contributed by atoms with Crippen LogP contribution in [0.25, 0.3) is 0 Å². The van der Waals surface area contributed by atoms with Crippen molar-refractivity contribution in [2.24, 2.45) is 5.92 Å². The Bertz CT molecular complexity index is 953. The zero-order valence-corrected chi connectivity index (χ0v) is 17.8. The van der Waals surface area contributed by atoms with Gasteiger partial charge in [-0.1, -0.05) is 0 Å². The lowest BCUT2D eigenvalue weighted by atomic mass is 9.97. The van der Waals surface area contributed by atoms with Crippen LogP contribution in [0, 0.1) is 17.6 Å². The Hall–Kier alpha value is -3.00. The van der Waals surface area contributed by atoms with E-state index in [-0.39, 0.29) is 17.4 Å². The maximum Gasteiger partial charge on any atom is 0.254 e. The molecule has 2 aromatic rings. The largest absolute Gasteiger partial charge is 0.493 e. The minimum atomic E-state index is -1.02. The van der Waals surface area contributed by atoms with Crippen molar-refractivity contribution >= 4 is 11.8 Å². The van der Waals surface area contributed by atoms with Gasteiger partial charge in [0, 0.05) is 37.3 Å². The summed E-state index contributed by atoms with van der Waals surface area (Å²) in [6.07, 6.45) is 1.53. The van der Waals surface area contributed by atoms with E-state index in [1.54, 1.807) is 34.1 Å². The first kappa shape index (κ1) is 22.2. The van der Waals surface area contributed by atoms with E-state index in [0.717, 1.165) is 25.0 Å². The fraction of sp³-hybridized carbons (Fsp3) is 0.417. The molecule has 2 heterocycles. The first-order valence-electron chi connectivity index (χ1n) is 10.9. The van der Waals surface area contributed by atoms with E-state index >= 15 is 0 Å². The van der Waals surface area contributed by atoms with Crippen molar-refractivity contribution < 1.29 is 27.8 Å².